The molecule has 0 spiro atoms. The van der Waals surface area contributed by atoms with Crippen LogP contribution in [0, 0.1) is 11.2 Å². The first-order chi connectivity index (χ1) is 19.4. The van der Waals surface area contributed by atoms with Crippen molar-refractivity contribution in [3.8, 4) is 0 Å². The minimum absolute atomic E-state index is 0.254. The van der Waals surface area contributed by atoms with Crippen molar-refractivity contribution in [2.45, 2.75) is 53.5 Å². The number of amides is 1. The van der Waals surface area contributed by atoms with Crippen LogP contribution in [-0.4, -0.2) is 15.5 Å². The molecule has 1 unspecified atom stereocenters. The van der Waals surface area contributed by atoms with Crippen LogP contribution in [0.2, 0.25) is 0 Å². The first kappa shape index (κ1) is 16.2. The standard InChI is InChI=1S/C29H34FN3O/c1-21(7-6-8-22(2)19-28(34)32-25-12-10-24(30)11-13-25)9-14-26-23(3)27(15-16-29(26,4)5)33-18-17-31-20-33/h6-14,17-20,27H,15-16H2,1-5H3,(H,32,34)/b8-6+,14-9+,21-7+,22-19+/i10D,11D,12D,13D,17D,18D,20D,27D. The van der Waals surface area contributed by atoms with E-state index in [4.69, 9.17) is 9.60 Å². The summed E-state index contributed by atoms with van der Waals surface area (Å²) in [6.07, 6.45) is 10.4. The van der Waals surface area contributed by atoms with Gasteiger partial charge in [-0.3, -0.25) is 4.79 Å². The predicted molar refractivity (Wildman–Crippen MR) is 138 cm³/mol. The number of nitrogens with zero attached hydrogens (tertiary/aromatic N) is 2. The Labute approximate surface area is 213 Å². The Morgan fingerprint density at radius 1 is 1.26 bits per heavy atom. The molecule has 1 amide bonds. The number of nitrogens with one attached hydrogen (secondary N) is 1. The third-order valence-electron chi connectivity index (χ3n) is 5.62. The summed E-state index contributed by atoms with van der Waals surface area (Å²) in [6.45, 7) is 9.53. The molecule has 5 heteroatoms. The number of carbonyl (C=O) groups excluding carboxylic acids is 1. The molecule has 1 aliphatic carbocycles. The lowest BCUT2D eigenvalue weighted by Gasteiger charge is -2.37. The highest BCUT2D eigenvalue weighted by molar-refractivity contribution is 5.99. The molecule has 1 heterocycles. The zero-order valence-corrected chi connectivity index (χ0v) is 20.1. The van der Waals surface area contributed by atoms with Crippen molar-refractivity contribution in [1.29, 1.82) is 0 Å². The number of aromatic nitrogens is 2. The van der Waals surface area contributed by atoms with Gasteiger partial charge in [0.2, 0.25) is 5.91 Å². The summed E-state index contributed by atoms with van der Waals surface area (Å²) in [5.41, 5.74) is 2.34. The Balaban J connectivity index is 1.80. The Morgan fingerprint density at radius 3 is 2.68 bits per heavy atom. The van der Waals surface area contributed by atoms with Crippen molar-refractivity contribution >= 4 is 11.6 Å². The number of benzene rings is 1. The lowest BCUT2D eigenvalue weighted by atomic mass is 9.71. The maximum atomic E-state index is 13.7. The number of rotatable bonds is 7. The minimum Gasteiger partial charge on any atom is -0.330 e. The Bertz CT molecular complexity index is 1560. The highest BCUT2D eigenvalue weighted by atomic mass is 19.1. The number of carbonyl (C=O) groups is 1. The molecule has 4 nitrogen and oxygen atoms in total. The number of imidazole rings is 1. The molecule has 1 N–H and O–H groups in total. The third-order valence-corrected chi connectivity index (χ3v) is 5.62. The molecule has 178 valence electrons. The quantitative estimate of drug-likeness (QED) is 0.342. The van der Waals surface area contributed by atoms with Crippen LogP contribution in [0.5, 0.6) is 0 Å². The van der Waals surface area contributed by atoms with Gasteiger partial charge < -0.3 is 9.88 Å². The smallest absolute Gasteiger partial charge is 0.248 e. The van der Waals surface area contributed by atoms with Gasteiger partial charge in [-0.1, -0.05) is 49.8 Å². The Morgan fingerprint density at radius 2 is 2.00 bits per heavy atom. The second-order valence-corrected chi connectivity index (χ2v) is 8.81. The normalized spacial score (nSPS) is 24.8. The molecule has 0 fully saturated rings. The SMILES string of the molecule is [2H]c1nc([2H])n(C2([2H])CCC(C)(C)C(/C=C/C(C)=C/C=C/C(C)=C/C(=O)Nc3c([2H])c([2H])c(F)c([2H])c3[2H])=C2C)c1[2H]. The topological polar surface area (TPSA) is 46.9 Å². The molecule has 0 aliphatic heterocycles. The van der Waals surface area contributed by atoms with Crippen molar-refractivity contribution in [1.82, 2.24) is 9.55 Å². The van der Waals surface area contributed by atoms with E-state index in [1.165, 1.54) is 10.6 Å². The molecular weight excluding hydrogens is 425 g/mol. The van der Waals surface area contributed by atoms with Gasteiger partial charge in [-0.25, -0.2) is 9.37 Å². The number of hydrogen-bond acceptors (Lipinski definition) is 2. The summed E-state index contributed by atoms with van der Waals surface area (Å²) in [7, 11) is 0. The zero-order valence-electron chi connectivity index (χ0n) is 28.1. The lowest BCUT2D eigenvalue weighted by Crippen LogP contribution is -2.25. The molecule has 1 aromatic carbocycles. The van der Waals surface area contributed by atoms with Gasteiger partial charge in [0.1, 0.15) is 7.19 Å². The van der Waals surface area contributed by atoms with E-state index in [9.17, 15) is 10.6 Å². The summed E-state index contributed by atoms with van der Waals surface area (Å²) < 4.78 is 79.0. The highest BCUT2D eigenvalue weighted by Gasteiger charge is 2.32. The van der Waals surface area contributed by atoms with E-state index in [2.05, 4.69) is 24.1 Å². The average Bonchev–Trinajstić information content (AvgIpc) is 3.17. The Kier molecular flexibility index (Phi) is 5.29. The van der Waals surface area contributed by atoms with Crippen molar-refractivity contribution in [2.24, 2.45) is 5.41 Å². The zero-order chi connectivity index (χ0) is 31.7. The van der Waals surface area contributed by atoms with Crippen LogP contribution in [-0.2, 0) is 4.79 Å². The molecule has 1 aromatic heterocycles. The fourth-order valence-electron chi connectivity index (χ4n) is 3.74. The summed E-state index contributed by atoms with van der Waals surface area (Å²) >= 11 is 0. The van der Waals surface area contributed by atoms with Gasteiger partial charge in [-0.2, -0.15) is 0 Å². The first-order valence-electron chi connectivity index (χ1n) is 15.0. The fraction of sp³-hybridized carbons (Fsp3) is 0.310. The summed E-state index contributed by atoms with van der Waals surface area (Å²) in [5, 5.41) is 2.30. The van der Waals surface area contributed by atoms with Gasteiger partial charge in [-0.05, 0) is 79.9 Å². The predicted octanol–water partition coefficient (Wildman–Crippen LogP) is 7.34. The minimum atomic E-state index is -1.39. The number of halogens is 1. The van der Waals surface area contributed by atoms with Crippen LogP contribution < -0.4 is 5.32 Å². The lowest BCUT2D eigenvalue weighted by molar-refractivity contribution is -0.111. The van der Waals surface area contributed by atoms with E-state index in [0.29, 0.717) is 24.0 Å². The maximum absolute atomic E-state index is 13.7. The third kappa shape index (κ3) is 6.77. The molecular formula is C29H34FN3O. The van der Waals surface area contributed by atoms with E-state index in [0.717, 1.165) is 11.1 Å². The van der Waals surface area contributed by atoms with E-state index in [1.807, 2.05) is 32.1 Å². The van der Waals surface area contributed by atoms with Crippen molar-refractivity contribution in [3.63, 3.8) is 0 Å². The van der Waals surface area contributed by atoms with Crippen molar-refractivity contribution in [2.75, 3.05) is 5.32 Å². The van der Waals surface area contributed by atoms with E-state index >= 15 is 0 Å². The largest absolute Gasteiger partial charge is 0.330 e. The van der Waals surface area contributed by atoms with Crippen LogP contribution in [0.3, 0.4) is 0 Å². The van der Waals surface area contributed by atoms with Crippen molar-refractivity contribution in [3.05, 3.63) is 107 Å². The van der Waals surface area contributed by atoms with Gasteiger partial charge in [0, 0.05) is 24.1 Å². The molecule has 34 heavy (non-hydrogen) atoms. The highest BCUT2D eigenvalue weighted by Crippen LogP contribution is 2.45. The van der Waals surface area contributed by atoms with Gasteiger partial charge in [-0.15, -0.1) is 0 Å². The molecule has 2 aromatic rings. The number of anilines is 1. The van der Waals surface area contributed by atoms with Gasteiger partial charge in [0.05, 0.1) is 21.9 Å². The van der Waals surface area contributed by atoms with E-state index < -0.39 is 47.6 Å². The molecule has 1 atom stereocenters. The summed E-state index contributed by atoms with van der Waals surface area (Å²) in [4.78, 5) is 16.2. The monoisotopic (exact) mass is 467 g/mol. The Hall–Kier alpha value is -3.47. The molecule has 0 saturated carbocycles. The van der Waals surface area contributed by atoms with Crippen LogP contribution >= 0.6 is 0 Å². The second kappa shape index (κ2) is 11.1. The van der Waals surface area contributed by atoms with Crippen LogP contribution in [0.4, 0.5) is 10.1 Å². The van der Waals surface area contributed by atoms with Gasteiger partial charge in [0.15, 0.2) is 0 Å². The van der Waals surface area contributed by atoms with Crippen molar-refractivity contribution < 1.29 is 20.2 Å². The van der Waals surface area contributed by atoms with Crippen LogP contribution in [0.15, 0.2) is 102 Å². The molecule has 0 saturated heterocycles. The molecule has 1 aliphatic rings. The average molecular weight is 468 g/mol. The van der Waals surface area contributed by atoms with E-state index in [-0.39, 0.29) is 24.1 Å². The van der Waals surface area contributed by atoms with Crippen LogP contribution in [0.1, 0.15) is 64.4 Å². The second-order valence-electron chi connectivity index (χ2n) is 8.81. The van der Waals surface area contributed by atoms with Gasteiger partial charge in [0.25, 0.3) is 0 Å². The number of hydrogen-bond donors (Lipinski definition) is 1. The summed E-state index contributed by atoms with van der Waals surface area (Å²) in [5.74, 6) is -1.97. The van der Waals surface area contributed by atoms with Crippen LogP contribution in [0.25, 0.3) is 0 Å². The van der Waals surface area contributed by atoms with E-state index in [1.54, 1.807) is 19.1 Å². The first-order valence-corrected chi connectivity index (χ1v) is 11.0. The number of allylic oxidation sites excluding steroid dienone is 9. The van der Waals surface area contributed by atoms with Gasteiger partial charge >= 0.3 is 0 Å². The molecule has 0 radical (unpaired) electrons. The molecule has 3 rings (SSSR count). The fourth-order valence-corrected chi connectivity index (χ4v) is 3.74. The molecule has 0 bridgehead atoms. The summed E-state index contributed by atoms with van der Waals surface area (Å²) in [6, 6.07) is -4.45. The maximum Gasteiger partial charge on any atom is 0.248 e.